The molecule has 1 saturated carbocycles. The number of hydrogen-bond acceptors (Lipinski definition) is 3. The zero-order valence-electron chi connectivity index (χ0n) is 15.8. The summed E-state index contributed by atoms with van der Waals surface area (Å²) in [5, 5.41) is 9.47. The lowest BCUT2D eigenvalue weighted by atomic mass is 9.61. The van der Waals surface area contributed by atoms with Crippen molar-refractivity contribution in [3.05, 3.63) is 23.2 Å². The van der Waals surface area contributed by atoms with Crippen LogP contribution in [0, 0.1) is 17.3 Å². The van der Waals surface area contributed by atoms with Crippen LogP contribution in [0.25, 0.3) is 0 Å². The second-order valence-electron chi connectivity index (χ2n) is 8.23. The van der Waals surface area contributed by atoms with Gasteiger partial charge in [-0.15, -0.1) is 13.2 Å². The molecule has 8 heteroatoms. The number of anilines is 1. The van der Waals surface area contributed by atoms with Crippen molar-refractivity contribution in [1.29, 1.82) is 0 Å². The molecule has 1 aliphatic heterocycles. The van der Waals surface area contributed by atoms with Crippen molar-refractivity contribution >= 4 is 23.3 Å². The normalized spacial score (nSPS) is 25.0. The molecular formula is C20H25ClF3NO3. The van der Waals surface area contributed by atoms with Gasteiger partial charge in [0.1, 0.15) is 5.75 Å². The number of benzene rings is 1. The third-order valence-corrected chi connectivity index (χ3v) is 6.68. The molecule has 1 aliphatic carbocycles. The largest absolute Gasteiger partial charge is 0.573 e. The predicted molar refractivity (Wildman–Crippen MR) is 101 cm³/mol. The first kappa shape index (κ1) is 21.1. The van der Waals surface area contributed by atoms with Crippen LogP contribution in [0.1, 0.15) is 45.4 Å². The number of piperidine rings is 1. The molecule has 1 N–H and O–H groups in total. The second kappa shape index (κ2) is 8.01. The van der Waals surface area contributed by atoms with E-state index in [1.165, 1.54) is 18.2 Å². The average molecular weight is 420 g/mol. The fraction of sp³-hybridized carbons (Fsp3) is 0.650. The number of carbonyl (C=O) groups is 1. The third-order valence-electron chi connectivity index (χ3n) is 6.36. The summed E-state index contributed by atoms with van der Waals surface area (Å²) in [6.07, 6.45) is 0.281. The molecule has 2 aliphatic rings. The highest BCUT2D eigenvalue weighted by molar-refractivity contribution is 6.33. The van der Waals surface area contributed by atoms with Crippen LogP contribution < -0.4 is 9.64 Å². The van der Waals surface area contributed by atoms with Crippen molar-refractivity contribution in [3.8, 4) is 5.75 Å². The molecule has 2 fully saturated rings. The minimum atomic E-state index is -4.73. The van der Waals surface area contributed by atoms with Crippen LogP contribution >= 0.6 is 11.6 Å². The molecule has 0 aromatic heterocycles. The van der Waals surface area contributed by atoms with Crippen molar-refractivity contribution in [1.82, 2.24) is 0 Å². The van der Waals surface area contributed by atoms with Gasteiger partial charge in [-0.2, -0.15) is 0 Å². The summed E-state index contributed by atoms with van der Waals surface area (Å²) in [5.74, 6) is -0.413. The molecule has 1 aromatic rings. The van der Waals surface area contributed by atoms with Crippen LogP contribution in [0.3, 0.4) is 0 Å². The molecule has 156 valence electrons. The second-order valence-corrected chi connectivity index (χ2v) is 8.63. The Morgan fingerprint density at radius 1 is 1.32 bits per heavy atom. The number of halogens is 4. The van der Waals surface area contributed by atoms with Crippen molar-refractivity contribution in [2.45, 2.75) is 51.8 Å². The fourth-order valence-corrected chi connectivity index (χ4v) is 5.10. The van der Waals surface area contributed by atoms with E-state index in [0.29, 0.717) is 29.7 Å². The number of nitrogens with zero attached hydrogens (tertiary/aromatic N) is 1. The molecule has 2 atom stereocenters. The first-order valence-corrected chi connectivity index (χ1v) is 9.97. The van der Waals surface area contributed by atoms with Gasteiger partial charge in [0, 0.05) is 25.6 Å². The monoisotopic (exact) mass is 419 g/mol. The van der Waals surface area contributed by atoms with Crippen LogP contribution in [0.2, 0.25) is 5.02 Å². The van der Waals surface area contributed by atoms with Gasteiger partial charge >= 0.3 is 12.3 Å². The Balaban J connectivity index is 1.64. The summed E-state index contributed by atoms with van der Waals surface area (Å²) in [5.41, 5.74) is 0.753. The Morgan fingerprint density at radius 3 is 2.57 bits per heavy atom. The zero-order chi connectivity index (χ0) is 20.5. The maximum atomic E-state index is 12.5. The van der Waals surface area contributed by atoms with Gasteiger partial charge in [0.2, 0.25) is 0 Å². The lowest BCUT2D eigenvalue weighted by molar-refractivity contribution is -0.274. The number of alkyl halides is 3. The summed E-state index contributed by atoms with van der Waals surface area (Å²) in [6, 6.07) is 4.00. The number of rotatable bonds is 4. The molecule has 4 nitrogen and oxygen atoms in total. The molecule has 0 bridgehead atoms. The summed E-state index contributed by atoms with van der Waals surface area (Å²) >= 11 is 6.23. The lowest BCUT2D eigenvalue weighted by Gasteiger charge is -2.48. The van der Waals surface area contributed by atoms with E-state index in [-0.39, 0.29) is 23.5 Å². The van der Waals surface area contributed by atoms with Gasteiger partial charge in [-0.3, -0.25) is 4.79 Å². The van der Waals surface area contributed by atoms with E-state index in [1.54, 1.807) is 0 Å². The number of carboxylic acid groups (broad SMARTS) is 1. The summed E-state index contributed by atoms with van der Waals surface area (Å²) in [6.45, 7) is 3.56. The van der Waals surface area contributed by atoms with Crippen molar-refractivity contribution in [2.24, 2.45) is 17.3 Å². The number of carboxylic acids is 1. The smallest absolute Gasteiger partial charge is 0.481 e. The average Bonchev–Trinajstić information content (AvgIpc) is 2.59. The van der Waals surface area contributed by atoms with Crippen LogP contribution in [0.4, 0.5) is 18.9 Å². The number of ether oxygens (including phenoxy) is 1. The maximum Gasteiger partial charge on any atom is 0.573 e. The lowest BCUT2D eigenvalue weighted by Crippen LogP contribution is -2.44. The van der Waals surface area contributed by atoms with Gasteiger partial charge < -0.3 is 14.7 Å². The molecule has 1 heterocycles. The highest BCUT2D eigenvalue weighted by atomic mass is 35.5. The maximum absolute atomic E-state index is 12.5. The Kier molecular flexibility index (Phi) is 6.03. The number of aliphatic carboxylic acids is 1. The first-order chi connectivity index (χ1) is 13.1. The van der Waals surface area contributed by atoms with Gasteiger partial charge in [0.25, 0.3) is 0 Å². The van der Waals surface area contributed by atoms with Crippen molar-refractivity contribution < 1.29 is 27.8 Å². The van der Waals surface area contributed by atoms with Gasteiger partial charge in [0.15, 0.2) is 0 Å². The van der Waals surface area contributed by atoms with Crippen LogP contribution in [-0.2, 0) is 4.79 Å². The molecule has 2 unspecified atom stereocenters. The van der Waals surface area contributed by atoms with Crippen LogP contribution in [0.5, 0.6) is 5.75 Å². The quantitative estimate of drug-likeness (QED) is 0.676. The van der Waals surface area contributed by atoms with Crippen molar-refractivity contribution in [2.75, 3.05) is 18.0 Å². The minimum absolute atomic E-state index is 0.192. The van der Waals surface area contributed by atoms with Gasteiger partial charge in [-0.1, -0.05) is 18.5 Å². The Bertz CT molecular complexity index is 717. The molecule has 3 rings (SSSR count). The van der Waals surface area contributed by atoms with E-state index in [2.05, 4.69) is 11.7 Å². The summed E-state index contributed by atoms with van der Waals surface area (Å²) in [7, 11) is 0. The first-order valence-electron chi connectivity index (χ1n) is 9.59. The SMILES string of the molecule is CC1CC2(CCC1CC(=O)O)CCN(c1cc(OC(F)(F)F)ccc1Cl)CC2. The molecule has 1 spiro atoms. The summed E-state index contributed by atoms with van der Waals surface area (Å²) in [4.78, 5) is 13.0. The van der Waals surface area contributed by atoms with E-state index >= 15 is 0 Å². The van der Waals surface area contributed by atoms with Gasteiger partial charge in [0.05, 0.1) is 10.7 Å². The Hall–Kier alpha value is -1.63. The molecule has 0 radical (unpaired) electrons. The number of hydrogen-bond donors (Lipinski definition) is 1. The molecule has 1 saturated heterocycles. The van der Waals surface area contributed by atoms with Crippen LogP contribution in [-0.4, -0.2) is 30.5 Å². The molecule has 28 heavy (non-hydrogen) atoms. The third kappa shape index (κ3) is 5.04. The zero-order valence-corrected chi connectivity index (χ0v) is 16.5. The van der Waals surface area contributed by atoms with Crippen molar-refractivity contribution in [3.63, 3.8) is 0 Å². The van der Waals surface area contributed by atoms with Gasteiger partial charge in [-0.25, -0.2) is 0 Å². The highest BCUT2D eigenvalue weighted by Gasteiger charge is 2.42. The van der Waals surface area contributed by atoms with Crippen LogP contribution in [0.15, 0.2) is 18.2 Å². The highest BCUT2D eigenvalue weighted by Crippen LogP contribution is 2.50. The Morgan fingerprint density at radius 2 is 2.00 bits per heavy atom. The Labute approximate surface area is 167 Å². The topological polar surface area (TPSA) is 49.8 Å². The molecule has 0 amide bonds. The van der Waals surface area contributed by atoms with E-state index in [9.17, 15) is 18.0 Å². The van der Waals surface area contributed by atoms with Gasteiger partial charge in [-0.05, 0) is 61.5 Å². The predicted octanol–water partition coefficient (Wildman–Crippen LogP) is 5.74. The minimum Gasteiger partial charge on any atom is -0.481 e. The summed E-state index contributed by atoms with van der Waals surface area (Å²) < 4.78 is 41.5. The van der Waals surface area contributed by atoms with E-state index in [0.717, 1.165) is 32.1 Å². The fourth-order valence-electron chi connectivity index (χ4n) is 4.86. The van der Waals surface area contributed by atoms with E-state index in [1.807, 2.05) is 4.90 Å². The molecular weight excluding hydrogens is 395 g/mol. The van der Waals surface area contributed by atoms with E-state index < -0.39 is 12.3 Å². The van der Waals surface area contributed by atoms with E-state index in [4.69, 9.17) is 16.7 Å². The standard InChI is InChI=1S/C20H25ClF3NO3/c1-13-12-19(5-4-14(13)10-18(26)27)6-8-25(9-7-19)17-11-15(2-3-16(17)21)28-20(22,23)24/h2-3,11,13-14H,4-10,12H2,1H3,(H,26,27). The molecule has 1 aromatic carbocycles.